The standard InChI is InChI=1S/C11H15BFNO2/c13-10-7-14-11(6-9(10)12(15)16)8-4-2-1-3-5-8/h6-8,15-16H,1-5H2. The summed E-state index contributed by atoms with van der Waals surface area (Å²) in [4.78, 5) is 4.05. The minimum absolute atomic E-state index is 0.0735. The SMILES string of the molecule is OB(O)c1cc(C2CCCCC2)ncc1F. The molecule has 16 heavy (non-hydrogen) atoms. The summed E-state index contributed by atoms with van der Waals surface area (Å²) in [5.41, 5.74) is 0.708. The van der Waals surface area contributed by atoms with E-state index in [0.717, 1.165) is 24.7 Å². The van der Waals surface area contributed by atoms with Gasteiger partial charge < -0.3 is 10.0 Å². The van der Waals surface area contributed by atoms with Crippen molar-refractivity contribution in [3.63, 3.8) is 0 Å². The van der Waals surface area contributed by atoms with E-state index in [2.05, 4.69) is 4.98 Å². The summed E-state index contributed by atoms with van der Waals surface area (Å²) in [7, 11) is -1.76. The first-order valence-electron chi connectivity index (χ1n) is 5.70. The molecular formula is C11H15BFNO2. The molecule has 0 bridgehead atoms. The van der Waals surface area contributed by atoms with Crippen molar-refractivity contribution in [3.05, 3.63) is 23.8 Å². The Hall–Kier alpha value is -0.935. The molecular weight excluding hydrogens is 208 g/mol. The van der Waals surface area contributed by atoms with Crippen LogP contribution in [0, 0.1) is 5.82 Å². The summed E-state index contributed by atoms with van der Waals surface area (Å²) in [6.45, 7) is 0. The Labute approximate surface area is 94.5 Å². The van der Waals surface area contributed by atoms with E-state index in [0.29, 0.717) is 5.92 Å². The van der Waals surface area contributed by atoms with E-state index in [1.165, 1.54) is 25.3 Å². The van der Waals surface area contributed by atoms with Gasteiger partial charge >= 0.3 is 7.12 Å². The lowest BCUT2D eigenvalue weighted by Crippen LogP contribution is -2.33. The molecule has 1 heterocycles. The lowest BCUT2D eigenvalue weighted by Gasteiger charge is -2.21. The molecule has 5 heteroatoms. The molecule has 0 saturated heterocycles. The smallest absolute Gasteiger partial charge is 0.423 e. The normalized spacial score (nSPS) is 17.4. The van der Waals surface area contributed by atoms with Crippen LogP contribution in [0.3, 0.4) is 0 Å². The summed E-state index contributed by atoms with van der Waals surface area (Å²) in [5, 5.41) is 18.0. The van der Waals surface area contributed by atoms with Crippen molar-refractivity contribution in [2.24, 2.45) is 0 Å². The second-order valence-corrected chi connectivity index (χ2v) is 4.34. The highest BCUT2D eigenvalue weighted by atomic mass is 19.1. The first-order chi connectivity index (χ1) is 7.68. The van der Waals surface area contributed by atoms with Crippen LogP contribution in [0.1, 0.15) is 43.7 Å². The number of hydrogen-bond donors (Lipinski definition) is 2. The molecule has 0 atom stereocenters. The Morgan fingerprint density at radius 3 is 2.56 bits per heavy atom. The fourth-order valence-electron chi connectivity index (χ4n) is 2.29. The van der Waals surface area contributed by atoms with Gasteiger partial charge in [0, 0.05) is 17.1 Å². The zero-order valence-corrected chi connectivity index (χ0v) is 9.06. The van der Waals surface area contributed by atoms with Crippen LogP contribution in [-0.4, -0.2) is 22.2 Å². The van der Waals surface area contributed by atoms with Gasteiger partial charge in [0.2, 0.25) is 0 Å². The molecule has 86 valence electrons. The van der Waals surface area contributed by atoms with Crippen LogP contribution < -0.4 is 5.46 Å². The maximum Gasteiger partial charge on any atom is 0.491 e. The molecule has 0 spiro atoms. The highest BCUT2D eigenvalue weighted by molar-refractivity contribution is 6.58. The van der Waals surface area contributed by atoms with E-state index in [4.69, 9.17) is 10.0 Å². The highest BCUT2D eigenvalue weighted by Gasteiger charge is 2.22. The van der Waals surface area contributed by atoms with Gasteiger partial charge in [-0.1, -0.05) is 19.3 Å². The van der Waals surface area contributed by atoms with Gasteiger partial charge in [0.15, 0.2) is 0 Å². The molecule has 1 aromatic rings. The minimum atomic E-state index is -1.76. The number of halogens is 1. The molecule has 0 amide bonds. The molecule has 1 fully saturated rings. The van der Waals surface area contributed by atoms with E-state index < -0.39 is 12.9 Å². The monoisotopic (exact) mass is 223 g/mol. The van der Waals surface area contributed by atoms with Crippen LogP contribution >= 0.6 is 0 Å². The van der Waals surface area contributed by atoms with E-state index >= 15 is 0 Å². The molecule has 2 rings (SSSR count). The van der Waals surface area contributed by atoms with Crippen molar-refractivity contribution in [1.82, 2.24) is 4.98 Å². The average Bonchev–Trinajstić information content (AvgIpc) is 2.30. The third-order valence-corrected chi connectivity index (χ3v) is 3.21. The number of rotatable bonds is 2. The third-order valence-electron chi connectivity index (χ3n) is 3.21. The summed E-state index contributed by atoms with van der Waals surface area (Å²) in [5.74, 6) is -0.318. The van der Waals surface area contributed by atoms with Gasteiger partial charge in [-0.3, -0.25) is 4.98 Å². The third kappa shape index (κ3) is 2.41. The Morgan fingerprint density at radius 1 is 1.25 bits per heavy atom. The summed E-state index contributed by atoms with van der Waals surface area (Å²) < 4.78 is 13.2. The molecule has 0 unspecified atom stereocenters. The molecule has 2 N–H and O–H groups in total. The van der Waals surface area contributed by atoms with Crippen LogP contribution in [0.5, 0.6) is 0 Å². The van der Waals surface area contributed by atoms with Gasteiger partial charge in [-0.05, 0) is 18.9 Å². The first kappa shape index (κ1) is 11.5. The second-order valence-electron chi connectivity index (χ2n) is 4.34. The molecule has 0 aliphatic heterocycles. The van der Waals surface area contributed by atoms with Gasteiger partial charge in [-0.2, -0.15) is 0 Å². The van der Waals surface area contributed by atoms with Gasteiger partial charge in [0.1, 0.15) is 5.82 Å². The topological polar surface area (TPSA) is 53.4 Å². The van der Waals surface area contributed by atoms with E-state index in [1.54, 1.807) is 0 Å². The molecule has 1 aliphatic carbocycles. The molecule has 3 nitrogen and oxygen atoms in total. The van der Waals surface area contributed by atoms with Gasteiger partial charge in [-0.15, -0.1) is 0 Å². The average molecular weight is 223 g/mol. The van der Waals surface area contributed by atoms with Crippen LogP contribution in [0.2, 0.25) is 0 Å². The zero-order chi connectivity index (χ0) is 11.5. The summed E-state index contributed by atoms with van der Waals surface area (Å²) in [6.07, 6.45) is 6.77. The Kier molecular flexibility index (Phi) is 3.56. The van der Waals surface area contributed by atoms with Gasteiger partial charge in [-0.25, -0.2) is 4.39 Å². The second kappa shape index (κ2) is 4.93. The maximum atomic E-state index is 13.2. The molecule has 1 saturated carbocycles. The molecule has 1 aliphatic rings. The summed E-state index contributed by atoms with van der Waals surface area (Å²) in [6, 6.07) is 1.48. The van der Waals surface area contributed by atoms with Crippen molar-refractivity contribution in [2.45, 2.75) is 38.0 Å². The van der Waals surface area contributed by atoms with Crippen molar-refractivity contribution >= 4 is 12.6 Å². The van der Waals surface area contributed by atoms with E-state index in [9.17, 15) is 4.39 Å². The number of hydrogen-bond acceptors (Lipinski definition) is 3. The minimum Gasteiger partial charge on any atom is -0.423 e. The summed E-state index contributed by atoms with van der Waals surface area (Å²) >= 11 is 0. The Morgan fingerprint density at radius 2 is 1.94 bits per heavy atom. The largest absolute Gasteiger partial charge is 0.491 e. The van der Waals surface area contributed by atoms with Crippen molar-refractivity contribution < 1.29 is 14.4 Å². The van der Waals surface area contributed by atoms with E-state index in [1.807, 2.05) is 0 Å². The quantitative estimate of drug-likeness (QED) is 0.734. The zero-order valence-electron chi connectivity index (χ0n) is 9.06. The fraction of sp³-hybridized carbons (Fsp3) is 0.545. The lowest BCUT2D eigenvalue weighted by molar-refractivity contribution is 0.420. The Balaban J connectivity index is 2.24. The maximum absolute atomic E-state index is 13.2. The van der Waals surface area contributed by atoms with Gasteiger partial charge in [0.25, 0.3) is 0 Å². The number of aromatic nitrogens is 1. The Bertz CT molecular complexity index is 367. The lowest BCUT2D eigenvalue weighted by atomic mass is 9.78. The predicted molar refractivity (Wildman–Crippen MR) is 59.8 cm³/mol. The van der Waals surface area contributed by atoms with Crippen LogP contribution in [0.4, 0.5) is 4.39 Å². The van der Waals surface area contributed by atoms with Crippen molar-refractivity contribution in [1.29, 1.82) is 0 Å². The molecule has 0 aromatic carbocycles. The molecule has 0 radical (unpaired) electrons. The van der Waals surface area contributed by atoms with Crippen LogP contribution in [0.15, 0.2) is 12.3 Å². The fourth-order valence-corrected chi connectivity index (χ4v) is 2.29. The van der Waals surface area contributed by atoms with Crippen molar-refractivity contribution in [3.8, 4) is 0 Å². The first-order valence-corrected chi connectivity index (χ1v) is 5.70. The van der Waals surface area contributed by atoms with Gasteiger partial charge in [0.05, 0.1) is 6.20 Å². The predicted octanol–water partition coefficient (Wildman–Crippen LogP) is 0.948. The number of nitrogens with zero attached hydrogens (tertiary/aromatic N) is 1. The number of pyridine rings is 1. The van der Waals surface area contributed by atoms with Crippen molar-refractivity contribution in [2.75, 3.05) is 0 Å². The molecule has 1 aromatic heterocycles. The van der Waals surface area contributed by atoms with Crippen LogP contribution in [0.25, 0.3) is 0 Å². The van der Waals surface area contributed by atoms with Crippen LogP contribution in [-0.2, 0) is 0 Å². The van der Waals surface area contributed by atoms with E-state index in [-0.39, 0.29) is 5.46 Å². The highest BCUT2D eigenvalue weighted by Crippen LogP contribution is 2.31.